The van der Waals surface area contributed by atoms with Crippen molar-refractivity contribution in [3.05, 3.63) is 30.0 Å². The Balaban J connectivity index is 2.57. The van der Waals surface area contributed by atoms with Crippen LogP contribution in [0.1, 0.15) is 12.6 Å². The van der Waals surface area contributed by atoms with Gasteiger partial charge in [0.2, 0.25) is 0 Å². The molecule has 1 N–H and O–H groups in total. The van der Waals surface area contributed by atoms with Gasteiger partial charge in [-0.25, -0.2) is 8.42 Å². The Labute approximate surface area is 100 Å². The predicted octanol–water partition coefficient (Wildman–Crippen LogP) is 1.82. The number of aryl methyl sites for hydroxylation is 1. The highest BCUT2D eigenvalue weighted by molar-refractivity contribution is 7.90. The second-order valence-electron chi connectivity index (χ2n) is 4.08. The van der Waals surface area contributed by atoms with E-state index in [2.05, 4.69) is 0 Å². The number of aromatic hydroxyl groups is 1. The van der Waals surface area contributed by atoms with Crippen molar-refractivity contribution in [3.63, 3.8) is 0 Å². The van der Waals surface area contributed by atoms with E-state index in [1.54, 1.807) is 25.1 Å². The van der Waals surface area contributed by atoms with Crippen LogP contribution in [0, 0.1) is 0 Å². The second-order valence-corrected chi connectivity index (χ2v) is 6.43. The molecule has 0 saturated heterocycles. The van der Waals surface area contributed by atoms with Crippen LogP contribution in [0.15, 0.2) is 24.3 Å². The van der Waals surface area contributed by atoms with Gasteiger partial charge in [-0.1, -0.05) is 13.0 Å². The quantitative estimate of drug-likeness (QED) is 0.907. The van der Waals surface area contributed by atoms with E-state index in [4.69, 9.17) is 0 Å². The zero-order chi connectivity index (χ0) is 12.6. The molecule has 1 heterocycles. The topological polar surface area (TPSA) is 59.3 Å². The first-order valence-electron chi connectivity index (χ1n) is 5.41. The summed E-state index contributed by atoms with van der Waals surface area (Å²) in [7, 11) is -1.25. The number of rotatable bonds is 3. The van der Waals surface area contributed by atoms with Crippen LogP contribution in [-0.2, 0) is 22.6 Å². The lowest BCUT2D eigenvalue weighted by Crippen LogP contribution is -2.09. The van der Waals surface area contributed by atoms with Crippen molar-refractivity contribution in [2.45, 2.75) is 12.7 Å². The summed E-state index contributed by atoms with van der Waals surface area (Å²) in [6.45, 7) is 1.63. The van der Waals surface area contributed by atoms with Gasteiger partial charge in [-0.3, -0.25) is 0 Å². The van der Waals surface area contributed by atoms with Crippen molar-refractivity contribution in [1.29, 1.82) is 0 Å². The summed E-state index contributed by atoms with van der Waals surface area (Å²) in [6.07, 6.45) is 0. The van der Waals surface area contributed by atoms with Gasteiger partial charge in [0, 0.05) is 23.9 Å². The van der Waals surface area contributed by atoms with Gasteiger partial charge in [0.15, 0.2) is 9.84 Å². The smallest absolute Gasteiger partial charge is 0.155 e. The predicted molar refractivity (Wildman–Crippen MR) is 67.7 cm³/mol. The number of phenols is 1. The minimum atomic E-state index is -3.06. The van der Waals surface area contributed by atoms with Crippen LogP contribution >= 0.6 is 0 Å². The number of benzene rings is 1. The summed E-state index contributed by atoms with van der Waals surface area (Å²) in [5, 5.41) is 10.4. The molecule has 0 spiro atoms. The molecule has 0 saturated carbocycles. The van der Waals surface area contributed by atoms with Gasteiger partial charge in [-0.15, -0.1) is 0 Å². The third-order valence-corrected chi connectivity index (χ3v) is 4.59. The first kappa shape index (κ1) is 12.0. The summed E-state index contributed by atoms with van der Waals surface area (Å²) in [5.74, 6) is 0.312. The maximum atomic E-state index is 11.6. The Morgan fingerprint density at radius 2 is 2.06 bits per heavy atom. The van der Waals surface area contributed by atoms with Crippen LogP contribution < -0.4 is 0 Å². The normalized spacial score (nSPS) is 12.1. The monoisotopic (exact) mass is 253 g/mol. The third-order valence-electron chi connectivity index (χ3n) is 2.97. The number of sulfone groups is 1. The van der Waals surface area contributed by atoms with E-state index in [0.29, 0.717) is 11.1 Å². The second kappa shape index (κ2) is 4.07. The van der Waals surface area contributed by atoms with Crippen molar-refractivity contribution < 1.29 is 13.5 Å². The highest BCUT2D eigenvalue weighted by atomic mass is 32.2. The van der Waals surface area contributed by atoms with Crippen molar-refractivity contribution in [2.75, 3.05) is 5.75 Å². The van der Waals surface area contributed by atoms with Crippen LogP contribution in [0.5, 0.6) is 5.75 Å². The summed E-state index contributed by atoms with van der Waals surface area (Å²) in [5.41, 5.74) is 1.54. The molecule has 92 valence electrons. The number of fused-ring (bicyclic) bond motifs is 1. The lowest BCUT2D eigenvalue weighted by Gasteiger charge is -2.04. The molecule has 0 aliphatic heterocycles. The minimum Gasteiger partial charge on any atom is -0.507 e. The van der Waals surface area contributed by atoms with E-state index in [1.807, 2.05) is 17.7 Å². The summed E-state index contributed by atoms with van der Waals surface area (Å²) >= 11 is 0. The van der Waals surface area contributed by atoms with Crippen LogP contribution in [-0.4, -0.2) is 23.8 Å². The van der Waals surface area contributed by atoms with E-state index in [9.17, 15) is 13.5 Å². The average molecular weight is 253 g/mol. The SMILES string of the molecule is CCS(=O)(=O)Cc1cc2c(O)cccc2n1C. The first-order chi connectivity index (χ1) is 7.94. The molecule has 0 unspecified atom stereocenters. The van der Waals surface area contributed by atoms with Crippen molar-refractivity contribution in [2.24, 2.45) is 7.05 Å². The third kappa shape index (κ3) is 2.15. The minimum absolute atomic E-state index is 0.00806. The van der Waals surface area contributed by atoms with E-state index in [1.165, 1.54) is 0 Å². The van der Waals surface area contributed by atoms with E-state index in [-0.39, 0.29) is 17.3 Å². The molecule has 0 aliphatic rings. The molecule has 1 aromatic carbocycles. The Kier molecular flexibility index (Phi) is 2.87. The molecule has 2 rings (SSSR count). The number of hydrogen-bond acceptors (Lipinski definition) is 3. The highest BCUT2D eigenvalue weighted by Crippen LogP contribution is 2.27. The van der Waals surface area contributed by atoms with Crippen LogP contribution in [0.25, 0.3) is 10.9 Å². The molecule has 0 fully saturated rings. The van der Waals surface area contributed by atoms with Gasteiger partial charge in [-0.05, 0) is 18.2 Å². The molecule has 2 aromatic rings. The van der Waals surface area contributed by atoms with E-state index >= 15 is 0 Å². The molecule has 4 nitrogen and oxygen atoms in total. The highest BCUT2D eigenvalue weighted by Gasteiger charge is 2.14. The first-order valence-corrected chi connectivity index (χ1v) is 7.23. The molecule has 0 bridgehead atoms. The average Bonchev–Trinajstić information content (AvgIpc) is 2.58. The standard InChI is InChI=1S/C12H15NO3S/c1-3-17(15,16)8-9-7-10-11(13(9)2)5-4-6-12(10)14/h4-7,14H,3,8H2,1-2H3. The molecular formula is C12H15NO3S. The Bertz CT molecular complexity index is 656. The Morgan fingerprint density at radius 3 is 2.65 bits per heavy atom. The maximum Gasteiger partial charge on any atom is 0.155 e. The van der Waals surface area contributed by atoms with Crippen molar-refractivity contribution in [1.82, 2.24) is 4.57 Å². The zero-order valence-corrected chi connectivity index (χ0v) is 10.7. The Hall–Kier alpha value is -1.49. The molecule has 0 atom stereocenters. The molecule has 1 aromatic heterocycles. The Morgan fingerprint density at radius 1 is 1.35 bits per heavy atom. The molecule has 0 amide bonds. The number of aromatic nitrogens is 1. The van der Waals surface area contributed by atoms with E-state index < -0.39 is 9.84 Å². The molecule has 0 radical (unpaired) electrons. The molecular weight excluding hydrogens is 238 g/mol. The summed E-state index contributed by atoms with van der Waals surface area (Å²) < 4.78 is 25.0. The number of phenolic OH excluding ortho intramolecular Hbond substituents is 1. The van der Waals surface area contributed by atoms with Crippen LogP contribution in [0.4, 0.5) is 0 Å². The molecule has 5 heteroatoms. The van der Waals surface area contributed by atoms with E-state index in [0.717, 1.165) is 5.52 Å². The van der Waals surface area contributed by atoms with Gasteiger partial charge in [0.1, 0.15) is 5.75 Å². The van der Waals surface area contributed by atoms with Crippen LogP contribution in [0.2, 0.25) is 0 Å². The van der Waals surface area contributed by atoms with Crippen LogP contribution in [0.3, 0.4) is 0 Å². The van der Waals surface area contributed by atoms with Gasteiger partial charge in [-0.2, -0.15) is 0 Å². The largest absolute Gasteiger partial charge is 0.507 e. The number of nitrogens with zero attached hydrogens (tertiary/aromatic N) is 1. The van der Waals surface area contributed by atoms with Gasteiger partial charge >= 0.3 is 0 Å². The summed E-state index contributed by atoms with van der Waals surface area (Å²) in [4.78, 5) is 0. The lowest BCUT2D eigenvalue weighted by molar-refractivity contribution is 0.481. The molecule has 17 heavy (non-hydrogen) atoms. The maximum absolute atomic E-state index is 11.6. The fraction of sp³-hybridized carbons (Fsp3) is 0.333. The fourth-order valence-electron chi connectivity index (χ4n) is 1.87. The van der Waals surface area contributed by atoms with Gasteiger partial charge < -0.3 is 9.67 Å². The lowest BCUT2D eigenvalue weighted by atomic mass is 10.2. The number of hydrogen-bond donors (Lipinski definition) is 1. The van der Waals surface area contributed by atoms with Gasteiger partial charge in [0.05, 0.1) is 11.3 Å². The fourth-order valence-corrected chi connectivity index (χ4v) is 2.80. The van der Waals surface area contributed by atoms with Crippen molar-refractivity contribution in [3.8, 4) is 5.75 Å². The van der Waals surface area contributed by atoms with Gasteiger partial charge in [0.25, 0.3) is 0 Å². The van der Waals surface area contributed by atoms with Crippen molar-refractivity contribution >= 4 is 20.7 Å². The molecule has 0 aliphatic carbocycles. The summed E-state index contributed by atoms with van der Waals surface area (Å²) in [6, 6.07) is 6.94. The zero-order valence-electron chi connectivity index (χ0n) is 9.84.